The van der Waals surface area contributed by atoms with Crippen molar-refractivity contribution in [3.8, 4) is 0 Å². The van der Waals surface area contributed by atoms with Gasteiger partial charge in [-0.25, -0.2) is 9.78 Å². The minimum atomic E-state index is -1.00. The standard InChI is InChI=1S/C17H23N3O3/c1-3-5-9-13(17(22)23)19-16(21)15-12(8-4-2)18-14-10-6-7-11-20(14)15/h6-7,10-11,13H,3-5,8-9H2,1-2H3,(H,19,21)(H,22,23). The van der Waals surface area contributed by atoms with Crippen LogP contribution in [0.4, 0.5) is 0 Å². The average Bonchev–Trinajstić information content (AvgIpc) is 2.89. The fourth-order valence-corrected chi connectivity index (χ4v) is 2.59. The van der Waals surface area contributed by atoms with Crippen LogP contribution in [0.25, 0.3) is 5.65 Å². The second-order valence-electron chi connectivity index (χ2n) is 5.59. The second kappa shape index (κ2) is 7.76. The lowest BCUT2D eigenvalue weighted by molar-refractivity contribution is -0.139. The zero-order valence-corrected chi connectivity index (χ0v) is 13.6. The molecule has 2 N–H and O–H groups in total. The normalized spacial score (nSPS) is 12.3. The minimum Gasteiger partial charge on any atom is -0.480 e. The molecule has 0 fully saturated rings. The Kier molecular flexibility index (Phi) is 5.73. The van der Waals surface area contributed by atoms with Crippen molar-refractivity contribution in [2.24, 2.45) is 0 Å². The average molecular weight is 317 g/mol. The first-order valence-corrected chi connectivity index (χ1v) is 8.08. The maximum absolute atomic E-state index is 12.7. The number of fused-ring (bicyclic) bond motifs is 1. The van der Waals surface area contributed by atoms with Gasteiger partial charge in [-0.2, -0.15) is 0 Å². The molecule has 2 aromatic heterocycles. The van der Waals surface area contributed by atoms with Crippen LogP contribution in [0.15, 0.2) is 24.4 Å². The smallest absolute Gasteiger partial charge is 0.326 e. The van der Waals surface area contributed by atoms with Gasteiger partial charge in [-0.3, -0.25) is 9.20 Å². The van der Waals surface area contributed by atoms with Crippen LogP contribution in [0.2, 0.25) is 0 Å². The van der Waals surface area contributed by atoms with Crippen LogP contribution in [0, 0.1) is 0 Å². The van der Waals surface area contributed by atoms with Gasteiger partial charge in [-0.05, 0) is 25.0 Å². The molecule has 0 aliphatic carbocycles. The van der Waals surface area contributed by atoms with E-state index in [9.17, 15) is 14.7 Å². The quantitative estimate of drug-likeness (QED) is 0.784. The van der Waals surface area contributed by atoms with Crippen molar-refractivity contribution in [1.82, 2.24) is 14.7 Å². The summed E-state index contributed by atoms with van der Waals surface area (Å²) in [5.41, 5.74) is 1.84. The number of hydrogen-bond donors (Lipinski definition) is 2. The molecule has 124 valence electrons. The van der Waals surface area contributed by atoms with Gasteiger partial charge in [-0.15, -0.1) is 0 Å². The van der Waals surface area contributed by atoms with E-state index in [-0.39, 0.29) is 5.91 Å². The third-order valence-corrected chi connectivity index (χ3v) is 3.75. The molecule has 0 aliphatic rings. The maximum atomic E-state index is 12.7. The minimum absolute atomic E-state index is 0.379. The third-order valence-electron chi connectivity index (χ3n) is 3.75. The van der Waals surface area contributed by atoms with Gasteiger partial charge in [0.2, 0.25) is 0 Å². The van der Waals surface area contributed by atoms with Crippen molar-refractivity contribution in [2.75, 3.05) is 0 Å². The number of hydrogen-bond acceptors (Lipinski definition) is 3. The van der Waals surface area contributed by atoms with Crippen LogP contribution >= 0.6 is 0 Å². The number of carbonyl (C=O) groups is 2. The zero-order valence-electron chi connectivity index (χ0n) is 13.6. The third kappa shape index (κ3) is 3.88. The summed E-state index contributed by atoms with van der Waals surface area (Å²) in [4.78, 5) is 28.5. The lowest BCUT2D eigenvalue weighted by Gasteiger charge is -2.14. The highest BCUT2D eigenvalue weighted by molar-refractivity contribution is 5.97. The fraction of sp³-hybridized carbons (Fsp3) is 0.471. The van der Waals surface area contributed by atoms with E-state index in [0.717, 1.165) is 19.3 Å². The van der Waals surface area contributed by atoms with Gasteiger partial charge in [0.1, 0.15) is 17.4 Å². The highest BCUT2D eigenvalue weighted by Crippen LogP contribution is 2.15. The molecule has 0 aromatic carbocycles. The molecule has 2 heterocycles. The molecule has 1 atom stereocenters. The number of aromatic nitrogens is 2. The van der Waals surface area contributed by atoms with E-state index in [1.54, 1.807) is 10.6 Å². The van der Waals surface area contributed by atoms with Crippen molar-refractivity contribution >= 4 is 17.5 Å². The molecule has 6 heteroatoms. The molecule has 0 saturated carbocycles. The Labute approximate surface area is 135 Å². The first-order valence-electron chi connectivity index (χ1n) is 8.08. The fourth-order valence-electron chi connectivity index (χ4n) is 2.59. The van der Waals surface area contributed by atoms with Crippen LogP contribution in [-0.2, 0) is 11.2 Å². The lowest BCUT2D eigenvalue weighted by atomic mass is 10.1. The summed E-state index contributed by atoms with van der Waals surface area (Å²) in [5, 5.41) is 11.9. The molecule has 6 nitrogen and oxygen atoms in total. The number of aryl methyl sites for hydroxylation is 1. The van der Waals surface area contributed by atoms with E-state index in [2.05, 4.69) is 10.3 Å². The Morgan fingerprint density at radius 1 is 1.30 bits per heavy atom. The summed E-state index contributed by atoms with van der Waals surface area (Å²) in [7, 11) is 0. The number of amides is 1. The predicted octanol–water partition coefficient (Wildman–Crippen LogP) is 2.66. The van der Waals surface area contributed by atoms with Crippen molar-refractivity contribution in [3.05, 3.63) is 35.8 Å². The van der Waals surface area contributed by atoms with Gasteiger partial charge >= 0.3 is 5.97 Å². The molecule has 0 saturated heterocycles. The second-order valence-corrected chi connectivity index (χ2v) is 5.59. The van der Waals surface area contributed by atoms with Gasteiger partial charge < -0.3 is 10.4 Å². The van der Waals surface area contributed by atoms with Crippen molar-refractivity contribution in [3.63, 3.8) is 0 Å². The topological polar surface area (TPSA) is 83.7 Å². The summed E-state index contributed by atoms with van der Waals surface area (Å²) >= 11 is 0. The molecule has 2 aromatic rings. The van der Waals surface area contributed by atoms with Crippen molar-refractivity contribution in [2.45, 2.75) is 52.0 Å². The van der Waals surface area contributed by atoms with Crippen LogP contribution in [0.5, 0.6) is 0 Å². The van der Waals surface area contributed by atoms with Gasteiger partial charge in [0, 0.05) is 6.20 Å². The molecule has 0 bridgehead atoms. The van der Waals surface area contributed by atoms with Crippen LogP contribution in [-0.4, -0.2) is 32.4 Å². The molecule has 0 radical (unpaired) electrons. The Bertz CT molecular complexity index is 693. The summed E-state index contributed by atoms with van der Waals surface area (Å²) < 4.78 is 1.72. The van der Waals surface area contributed by atoms with E-state index in [1.807, 2.05) is 32.0 Å². The highest BCUT2D eigenvalue weighted by Gasteiger charge is 2.24. The van der Waals surface area contributed by atoms with E-state index >= 15 is 0 Å². The Hall–Kier alpha value is -2.37. The lowest BCUT2D eigenvalue weighted by Crippen LogP contribution is -2.41. The van der Waals surface area contributed by atoms with E-state index in [4.69, 9.17) is 0 Å². The van der Waals surface area contributed by atoms with Crippen molar-refractivity contribution < 1.29 is 14.7 Å². The number of nitrogens with one attached hydrogen (secondary N) is 1. The van der Waals surface area contributed by atoms with Gasteiger partial charge in [0.25, 0.3) is 5.91 Å². The van der Waals surface area contributed by atoms with E-state index < -0.39 is 12.0 Å². The highest BCUT2D eigenvalue weighted by atomic mass is 16.4. The molecule has 0 spiro atoms. The number of imidazole rings is 1. The number of unbranched alkanes of at least 4 members (excludes halogenated alkanes) is 1. The number of nitrogens with zero attached hydrogens (tertiary/aromatic N) is 2. The van der Waals surface area contributed by atoms with E-state index in [0.29, 0.717) is 29.9 Å². The zero-order chi connectivity index (χ0) is 16.8. The molecule has 1 amide bonds. The summed E-state index contributed by atoms with van der Waals surface area (Å²) in [5.74, 6) is -1.38. The summed E-state index contributed by atoms with van der Waals surface area (Å²) in [6.07, 6.45) is 5.39. The molecular formula is C17H23N3O3. The molecule has 2 rings (SSSR count). The monoisotopic (exact) mass is 317 g/mol. The summed E-state index contributed by atoms with van der Waals surface area (Å²) in [6, 6.07) is 4.65. The largest absolute Gasteiger partial charge is 0.480 e. The van der Waals surface area contributed by atoms with Gasteiger partial charge in [0.05, 0.1) is 5.69 Å². The molecular weight excluding hydrogens is 294 g/mol. The van der Waals surface area contributed by atoms with Gasteiger partial charge in [-0.1, -0.05) is 39.2 Å². The molecule has 0 aliphatic heterocycles. The molecule has 23 heavy (non-hydrogen) atoms. The number of carbonyl (C=O) groups excluding carboxylic acids is 1. The SMILES string of the molecule is CCCCC(NC(=O)c1c(CCC)nc2ccccn12)C(=O)O. The Balaban J connectivity index is 2.31. The number of aliphatic carboxylic acids is 1. The molecule has 1 unspecified atom stereocenters. The van der Waals surface area contributed by atoms with Gasteiger partial charge in [0.15, 0.2) is 0 Å². The van der Waals surface area contributed by atoms with E-state index in [1.165, 1.54) is 0 Å². The number of rotatable bonds is 8. The van der Waals surface area contributed by atoms with Crippen LogP contribution < -0.4 is 5.32 Å². The number of pyridine rings is 1. The Morgan fingerprint density at radius 2 is 2.09 bits per heavy atom. The summed E-state index contributed by atoms with van der Waals surface area (Å²) in [6.45, 7) is 4.01. The van der Waals surface area contributed by atoms with Crippen molar-refractivity contribution in [1.29, 1.82) is 0 Å². The maximum Gasteiger partial charge on any atom is 0.326 e. The number of carboxylic acid groups (broad SMARTS) is 1. The van der Waals surface area contributed by atoms with Crippen LogP contribution in [0.3, 0.4) is 0 Å². The Morgan fingerprint density at radius 3 is 2.74 bits per heavy atom. The first kappa shape index (κ1) is 17.0. The van der Waals surface area contributed by atoms with Crippen LogP contribution in [0.1, 0.15) is 55.7 Å². The predicted molar refractivity (Wildman–Crippen MR) is 87.6 cm³/mol. The number of carboxylic acids is 1. The first-order chi connectivity index (χ1) is 11.1.